The molecule has 4 N–H and O–H groups in total. The predicted octanol–water partition coefficient (Wildman–Crippen LogP) is 2.92. The summed E-state index contributed by atoms with van der Waals surface area (Å²) in [5.74, 6) is -0.358. The SMILES string of the molecule is C=CC(=O)Nc1ccccc1Nc1ncc(CN(C=O)c2cc(O)cc(O)c2)cn1. The highest BCUT2D eigenvalue weighted by Gasteiger charge is 2.11. The summed E-state index contributed by atoms with van der Waals surface area (Å²) in [7, 11) is 0. The molecule has 0 saturated heterocycles. The molecular formula is C21H19N5O4. The van der Waals surface area contributed by atoms with Gasteiger partial charge in [0.1, 0.15) is 11.5 Å². The van der Waals surface area contributed by atoms with Gasteiger partial charge in [0.05, 0.1) is 23.6 Å². The van der Waals surface area contributed by atoms with Crippen molar-refractivity contribution in [1.29, 1.82) is 0 Å². The van der Waals surface area contributed by atoms with Crippen molar-refractivity contribution >= 4 is 35.3 Å². The molecule has 0 saturated carbocycles. The molecule has 9 heteroatoms. The molecule has 1 heterocycles. The largest absolute Gasteiger partial charge is 0.508 e. The summed E-state index contributed by atoms with van der Waals surface area (Å²) < 4.78 is 0. The smallest absolute Gasteiger partial charge is 0.247 e. The summed E-state index contributed by atoms with van der Waals surface area (Å²) >= 11 is 0. The molecule has 0 radical (unpaired) electrons. The molecule has 3 rings (SSSR count). The molecule has 2 aromatic carbocycles. The van der Waals surface area contributed by atoms with Gasteiger partial charge in [0.15, 0.2) is 0 Å². The lowest BCUT2D eigenvalue weighted by Gasteiger charge is -2.18. The van der Waals surface area contributed by atoms with Crippen LogP contribution in [0.2, 0.25) is 0 Å². The van der Waals surface area contributed by atoms with Gasteiger partial charge in [-0.15, -0.1) is 0 Å². The van der Waals surface area contributed by atoms with Crippen LogP contribution in [0.15, 0.2) is 67.5 Å². The van der Waals surface area contributed by atoms with Crippen LogP contribution in [-0.4, -0.2) is 32.5 Å². The van der Waals surface area contributed by atoms with Crippen LogP contribution in [0, 0.1) is 0 Å². The van der Waals surface area contributed by atoms with Gasteiger partial charge in [-0.1, -0.05) is 18.7 Å². The number of nitrogens with zero attached hydrogens (tertiary/aromatic N) is 3. The van der Waals surface area contributed by atoms with Crippen molar-refractivity contribution < 1.29 is 19.8 Å². The van der Waals surface area contributed by atoms with Crippen molar-refractivity contribution in [1.82, 2.24) is 9.97 Å². The zero-order valence-corrected chi connectivity index (χ0v) is 15.8. The van der Waals surface area contributed by atoms with E-state index in [4.69, 9.17) is 0 Å². The number of phenolic OH excluding ortho intramolecular Hbond substituents is 2. The lowest BCUT2D eigenvalue weighted by molar-refractivity contribution is -0.112. The average Bonchev–Trinajstić information content (AvgIpc) is 2.73. The summed E-state index contributed by atoms with van der Waals surface area (Å²) in [4.78, 5) is 32.8. The van der Waals surface area contributed by atoms with Crippen molar-refractivity contribution in [3.05, 3.63) is 73.1 Å². The van der Waals surface area contributed by atoms with Crippen LogP contribution in [0.5, 0.6) is 11.5 Å². The van der Waals surface area contributed by atoms with E-state index in [1.54, 1.807) is 36.7 Å². The molecule has 1 aromatic heterocycles. The molecule has 0 unspecified atom stereocenters. The Kier molecular flexibility index (Phi) is 6.23. The van der Waals surface area contributed by atoms with E-state index in [0.717, 1.165) is 0 Å². The molecule has 0 aliphatic heterocycles. The molecule has 2 amide bonds. The Hall–Kier alpha value is -4.40. The van der Waals surface area contributed by atoms with Gasteiger partial charge in [-0.3, -0.25) is 9.59 Å². The number of aromatic hydroxyl groups is 2. The Balaban J connectivity index is 1.73. The van der Waals surface area contributed by atoms with Crippen molar-refractivity contribution in [2.24, 2.45) is 0 Å². The van der Waals surface area contributed by atoms with E-state index in [-0.39, 0.29) is 24.0 Å². The van der Waals surface area contributed by atoms with E-state index in [2.05, 4.69) is 27.2 Å². The highest BCUT2D eigenvalue weighted by Crippen LogP contribution is 2.27. The monoisotopic (exact) mass is 405 g/mol. The number of benzene rings is 2. The number of rotatable bonds is 8. The van der Waals surface area contributed by atoms with Gasteiger partial charge in [0.25, 0.3) is 0 Å². The van der Waals surface area contributed by atoms with Crippen molar-refractivity contribution in [3.8, 4) is 11.5 Å². The van der Waals surface area contributed by atoms with Gasteiger partial charge in [-0.2, -0.15) is 0 Å². The molecule has 30 heavy (non-hydrogen) atoms. The minimum absolute atomic E-state index is 0.138. The Morgan fingerprint density at radius 2 is 1.70 bits per heavy atom. The first-order valence-corrected chi connectivity index (χ1v) is 8.84. The summed E-state index contributed by atoms with van der Waals surface area (Å²) in [6, 6.07) is 11.0. The second-order valence-corrected chi connectivity index (χ2v) is 6.22. The van der Waals surface area contributed by atoms with Crippen LogP contribution in [0.1, 0.15) is 5.56 Å². The fraction of sp³-hybridized carbons (Fsp3) is 0.0476. The zero-order valence-electron chi connectivity index (χ0n) is 15.8. The predicted molar refractivity (Wildman–Crippen MR) is 113 cm³/mol. The molecule has 0 aliphatic carbocycles. The number of amides is 2. The lowest BCUT2D eigenvalue weighted by Crippen LogP contribution is -2.20. The second kappa shape index (κ2) is 9.20. The average molecular weight is 405 g/mol. The first-order chi connectivity index (χ1) is 14.5. The Morgan fingerprint density at radius 1 is 1.07 bits per heavy atom. The van der Waals surface area contributed by atoms with Crippen LogP contribution in [0.3, 0.4) is 0 Å². The third-order valence-electron chi connectivity index (χ3n) is 4.02. The molecule has 0 atom stereocenters. The van der Waals surface area contributed by atoms with Gasteiger partial charge in [0, 0.05) is 36.2 Å². The molecule has 3 aromatic rings. The van der Waals surface area contributed by atoms with E-state index in [0.29, 0.717) is 35.0 Å². The van der Waals surface area contributed by atoms with Crippen LogP contribution >= 0.6 is 0 Å². The number of nitrogens with one attached hydrogen (secondary N) is 2. The Labute approximate surface area is 172 Å². The minimum atomic E-state index is -0.340. The lowest BCUT2D eigenvalue weighted by atomic mass is 10.2. The van der Waals surface area contributed by atoms with Crippen LogP contribution in [0.25, 0.3) is 0 Å². The third-order valence-corrected chi connectivity index (χ3v) is 4.02. The molecule has 0 aliphatic rings. The molecular weight excluding hydrogens is 386 g/mol. The van der Waals surface area contributed by atoms with Gasteiger partial charge in [-0.25, -0.2) is 9.97 Å². The van der Waals surface area contributed by atoms with E-state index in [1.165, 1.54) is 29.2 Å². The van der Waals surface area contributed by atoms with E-state index in [9.17, 15) is 19.8 Å². The molecule has 0 spiro atoms. The van der Waals surface area contributed by atoms with Crippen LogP contribution in [-0.2, 0) is 16.1 Å². The fourth-order valence-corrected chi connectivity index (χ4v) is 2.64. The number of phenols is 2. The summed E-state index contributed by atoms with van der Waals surface area (Å²) in [5, 5.41) is 24.9. The van der Waals surface area contributed by atoms with Crippen LogP contribution < -0.4 is 15.5 Å². The van der Waals surface area contributed by atoms with Gasteiger partial charge in [-0.05, 0) is 18.2 Å². The molecule has 9 nitrogen and oxygen atoms in total. The highest BCUT2D eigenvalue weighted by molar-refractivity contribution is 6.01. The standard InChI is InChI=1S/C21H19N5O4/c1-2-20(30)24-18-5-3-4-6-19(18)25-21-22-10-14(11-23-21)12-26(13-27)15-7-16(28)9-17(29)8-15/h2-11,13,28-29H,1,12H2,(H,24,30)(H,22,23,25). The van der Waals surface area contributed by atoms with E-state index in [1.807, 2.05) is 0 Å². The van der Waals surface area contributed by atoms with Crippen molar-refractivity contribution in [3.63, 3.8) is 0 Å². The minimum Gasteiger partial charge on any atom is -0.508 e. The maximum atomic E-state index is 11.6. The van der Waals surface area contributed by atoms with Gasteiger partial charge < -0.3 is 25.7 Å². The summed E-state index contributed by atoms with van der Waals surface area (Å²) in [5.41, 5.74) is 2.11. The zero-order chi connectivity index (χ0) is 21.5. The quantitative estimate of drug-likeness (QED) is 0.335. The summed E-state index contributed by atoms with van der Waals surface area (Å²) in [6.45, 7) is 3.57. The number of carbonyl (C=O) groups excluding carboxylic acids is 2. The van der Waals surface area contributed by atoms with Gasteiger partial charge in [0.2, 0.25) is 18.3 Å². The van der Waals surface area contributed by atoms with Crippen molar-refractivity contribution in [2.45, 2.75) is 6.54 Å². The first-order valence-electron chi connectivity index (χ1n) is 8.84. The number of hydrogen-bond donors (Lipinski definition) is 4. The van der Waals surface area contributed by atoms with E-state index >= 15 is 0 Å². The molecule has 0 fully saturated rings. The third kappa shape index (κ3) is 5.10. The number of hydrogen-bond acceptors (Lipinski definition) is 7. The van der Waals surface area contributed by atoms with Gasteiger partial charge >= 0.3 is 0 Å². The number of anilines is 4. The van der Waals surface area contributed by atoms with Crippen LogP contribution in [0.4, 0.5) is 23.0 Å². The Bertz CT molecular complexity index is 1050. The first kappa shape index (κ1) is 20.3. The Morgan fingerprint density at radius 3 is 2.30 bits per heavy atom. The summed E-state index contributed by atoms with van der Waals surface area (Å²) in [6.07, 6.45) is 4.84. The number of aromatic nitrogens is 2. The molecule has 152 valence electrons. The maximum Gasteiger partial charge on any atom is 0.247 e. The van der Waals surface area contributed by atoms with Crippen molar-refractivity contribution in [2.75, 3.05) is 15.5 Å². The topological polar surface area (TPSA) is 128 Å². The molecule has 0 bridgehead atoms. The number of carbonyl (C=O) groups is 2. The number of para-hydroxylation sites is 2. The fourth-order valence-electron chi connectivity index (χ4n) is 2.64. The maximum absolute atomic E-state index is 11.6. The second-order valence-electron chi connectivity index (χ2n) is 6.22. The normalized spacial score (nSPS) is 10.1. The van der Waals surface area contributed by atoms with E-state index < -0.39 is 0 Å². The highest BCUT2D eigenvalue weighted by atomic mass is 16.3.